The number of carbonyl (C=O) groups is 1. The van der Waals surface area contributed by atoms with Crippen LogP contribution in [-0.2, 0) is 11.3 Å². The number of halogens is 4. The molecule has 2 aromatic carbocycles. The SMILES string of the molecule is O=C(O)C(F)(F)F.Oc1ccc(Br)cc1CN1CCOc2ccccc21. The summed E-state index contributed by atoms with van der Waals surface area (Å²) >= 11 is 3.44. The zero-order valence-electron chi connectivity index (χ0n) is 13.3. The number of phenolic OH excluding ortho intramolecular Hbond substituents is 1. The van der Waals surface area contributed by atoms with E-state index >= 15 is 0 Å². The topological polar surface area (TPSA) is 70.0 Å². The van der Waals surface area contributed by atoms with Crippen LogP contribution in [0.5, 0.6) is 11.5 Å². The van der Waals surface area contributed by atoms with Crippen molar-refractivity contribution in [2.24, 2.45) is 0 Å². The molecule has 0 unspecified atom stereocenters. The summed E-state index contributed by atoms with van der Waals surface area (Å²) in [6.45, 7) is 2.17. The van der Waals surface area contributed by atoms with Gasteiger partial charge < -0.3 is 19.8 Å². The largest absolute Gasteiger partial charge is 0.508 e. The number of rotatable bonds is 2. The summed E-state index contributed by atoms with van der Waals surface area (Å²) in [5, 5.41) is 17.1. The lowest BCUT2D eigenvalue weighted by atomic mass is 10.1. The van der Waals surface area contributed by atoms with E-state index in [-0.39, 0.29) is 0 Å². The third kappa shape index (κ3) is 5.29. The number of fused-ring (bicyclic) bond motifs is 1. The van der Waals surface area contributed by atoms with Gasteiger partial charge >= 0.3 is 12.1 Å². The number of hydrogen-bond donors (Lipinski definition) is 2. The van der Waals surface area contributed by atoms with Gasteiger partial charge in [0.05, 0.1) is 12.2 Å². The molecule has 0 aliphatic carbocycles. The molecular formula is C17H15BrF3NO4. The second kappa shape index (κ2) is 8.31. The van der Waals surface area contributed by atoms with Crippen LogP contribution in [0.3, 0.4) is 0 Å². The lowest BCUT2D eigenvalue weighted by Gasteiger charge is -2.31. The molecule has 2 N–H and O–H groups in total. The molecule has 0 aromatic heterocycles. The summed E-state index contributed by atoms with van der Waals surface area (Å²) < 4.78 is 38.3. The molecule has 1 aliphatic rings. The number of alkyl halides is 3. The van der Waals surface area contributed by atoms with Crippen LogP contribution in [0.15, 0.2) is 46.9 Å². The van der Waals surface area contributed by atoms with Gasteiger partial charge in [-0.1, -0.05) is 28.1 Å². The molecule has 0 bridgehead atoms. The first kappa shape index (κ1) is 19.9. The average molecular weight is 434 g/mol. The first-order chi connectivity index (χ1) is 12.2. The number of aliphatic carboxylic acids is 1. The summed E-state index contributed by atoms with van der Waals surface area (Å²) in [7, 11) is 0. The van der Waals surface area contributed by atoms with Crippen LogP contribution >= 0.6 is 15.9 Å². The Morgan fingerprint density at radius 2 is 1.88 bits per heavy atom. The zero-order chi connectivity index (χ0) is 19.3. The van der Waals surface area contributed by atoms with Gasteiger partial charge in [-0.15, -0.1) is 0 Å². The van der Waals surface area contributed by atoms with Crippen molar-refractivity contribution in [3.63, 3.8) is 0 Å². The van der Waals surface area contributed by atoms with Gasteiger partial charge in [0.2, 0.25) is 0 Å². The Labute approximate surface area is 155 Å². The minimum absolute atomic E-state index is 0.326. The maximum absolute atomic E-state index is 10.6. The fourth-order valence-electron chi connectivity index (χ4n) is 2.28. The standard InChI is InChI=1S/C15H14BrNO2.C2HF3O2/c16-12-5-6-14(18)11(9-12)10-17-7-8-19-15-4-2-1-3-13(15)17;3-2(4,5)1(6)7/h1-6,9,18H,7-8,10H2;(H,6,7). The molecular weight excluding hydrogens is 419 g/mol. The molecule has 9 heteroatoms. The first-order valence-electron chi connectivity index (χ1n) is 7.43. The summed E-state index contributed by atoms with van der Waals surface area (Å²) in [6.07, 6.45) is -5.08. The van der Waals surface area contributed by atoms with Crippen molar-refractivity contribution in [2.45, 2.75) is 12.7 Å². The Morgan fingerprint density at radius 1 is 1.23 bits per heavy atom. The van der Waals surface area contributed by atoms with Gasteiger partial charge in [0.25, 0.3) is 0 Å². The molecule has 2 aromatic rings. The van der Waals surface area contributed by atoms with E-state index in [1.54, 1.807) is 6.07 Å². The molecule has 0 amide bonds. The molecule has 0 radical (unpaired) electrons. The zero-order valence-corrected chi connectivity index (χ0v) is 14.9. The van der Waals surface area contributed by atoms with Crippen LogP contribution in [0.25, 0.3) is 0 Å². The van der Waals surface area contributed by atoms with E-state index in [2.05, 4.69) is 20.8 Å². The van der Waals surface area contributed by atoms with Crippen molar-refractivity contribution in [1.29, 1.82) is 0 Å². The van der Waals surface area contributed by atoms with Crippen LogP contribution in [0.4, 0.5) is 18.9 Å². The van der Waals surface area contributed by atoms with Gasteiger partial charge in [0, 0.05) is 16.6 Å². The van der Waals surface area contributed by atoms with Crippen molar-refractivity contribution in [3.05, 3.63) is 52.5 Å². The summed E-state index contributed by atoms with van der Waals surface area (Å²) in [5.74, 6) is -1.53. The number of ether oxygens (including phenoxy) is 1. The highest BCUT2D eigenvalue weighted by molar-refractivity contribution is 9.10. The second-order valence-corrected chi connectivity index (χ2v) is 6.23. The van der Waals surface area contributed by atoms with Crippen molar-refractivity contribution in [2.75, 3.05) is 18.1 Å². The Hall–Kier alpha value is -2.42. The van der Waals surface area contributed by atoms with Gasteiger partial charge in [-0.2, -0.15) is 13.2 Å². The van der Waals surface area contributed by atoms with E-state index in [1.807, 2.05) is 36.4 Å². The van der Waals surface area contributed by atoms with Gasteiger partial charge in [0.1, 0.15) is 18.1 Å². The Morgan fingerprint density at radius 3 is 2.54 bits per heavy atom. The van der Waals surface area contributed by atoms with E-state index in [0.717, 1.165) is 28.0 Å². The van der Waals surface area contributed by atoms with Crippen molar-refractivity contribution in [1.82, 2.24) is 0 Å². The molecule has 1 aliphatic heterocycles. The second-order valence-electron chi connectivity index (χ2n) is 5.31. The van der Waals surface area contributed by atoms with Gasteiger partial charge in [-0.3, -0.25) is 0 Å². The summed E-state index contributed by atoms with van der Waals surface area (Å²) in [5.41, 5.74) is 1.99. The lowest BCUT2D eigenvalue weighted by molar-refractivity contribution is -0.192. The molecule has 5 nitrogen and oxygen atoms in total. The van der Waals surface area contributed by atoms with E-state index in [1.165, 1.54) is 0 Å². The van der Waals surface area contributed by atoms with Crippen molar-refractivity contribution < 1.29 is 32.9 Å². The number of aromatic hydroxyl groups is 1. The number of hydrogen-bond acceptors (Lipinski definition) is 4. The predicted molar refractivity (Wildman–Crippen MR) is 92.5 cm³/mol. The number of nitrogens with zero attached hydrogens (tertiary/aromatic N) is 1. The van der Waals surface area contributed by atoms with E-state index in [0.29, 0.717) is 18.9 Å². The van der Waals surface area contributed by atoms with Gasteiger partial charge in [-0.05, 0) is 30.3 Å². The van der Waals surface area contributed by atoms with E-state index in [4.69, 9.17) is 14.6 Å². The monoisotopic (exact) mass is 433 g/mol. The number of carboxylic acids is 1. The molecule has 26 heavy (non-hydrogen) atoms. The third-order valence-electron chi connectivity index (χ3n) is 3.47. The number of phenols is 1. The van der Waals surface area contributed by atoms with Crippen LogP contribution in [0.1, 0.15) is 5.56 Å². The molecule has 140 valence electrons. The molecule has 3 rings (SSSR count). The highest BCUT2D eigenvalue weighted by Crippen LogP contribution is 2.33. The summed E-state index contributed by atoms with van der Waals surface area (Å²) in [4.78, 5) is 11.1. The van der Waals surface area contributed by atoms with Crippen LogP contribution < -0.4 is 9.64 Å². The molecule has 0 fully saturated rings. The maximum Gasteiger partial charge on any atom is 0.490 e. The molecule has 0 saturated carbocycles. The lowest BCUT2D eigenvalue weighted by Crippen LogP contribution is -2.32. The van der Waals surface area contributed by atoms with Gasteiger partial charge in [0.15, 0.2) is 0 Å². The first-order valence-corrected chi connectivity index (χ1v) is 8.22. The molecule has 1 heterocycles. The Bertz CT molecular complexity index is 783. The van der Waals surface area contributed by atoms with E-state index < -0.39 is 12.1 Å². The normalized spacial score (nSPS) is 13.2. The maximum atomic E-state index is 10.6. The fourth-order valence-corrected chi connectivity index (χ4v) is 2.69. The van der Waals surface area contributed by atoms with Gasteiger partial charge in [-0.25, -0.2) is 4.79 Å². The van der Waals surface area contributed by atoms with Crippen LogP contribution in [0, 0.1) is 0 Å². The molecule has 0 atom stereocenters. The minimum atomic E-state index is -5.08. The molecule has 0 spiro atoms. The fraction of sp³-hybridized carbons (Fsp3) is 0.235. The summed E-state index contributed by atoms with van der Waals surface area (Å²) in [6, 6.07) is 13.5. The number of anilines is 1. The van der Waals surface area contributed by atoms with Crippen molar-refractivity contribution in [3.8, 4) is 11.5 Å². The minimum Gasteiger partial charge on any atom is -0.508 e. The highest BCUT2D eigenvalue weighted by atomic mass is 79.9. The predicted octanol–water partition coefficient (Wildman–Crippen LogP) is 4.19. The van der Waals surface area contributed by atoms with Crippen LogP contribution in [0.2, 0.25) is 0 Å². The Balaban J connectivity index is 0.000000298. The average Bonchev–Trinajstić information content (AvgIpc) is 2.58. The highest BCUT2D eigenvalue weighted by Gasteiger charge is 2.38. The third-order valence-corrected chi connectivity index (χ3v) is 3.96. The molecule has 0 saturated heterocycles. The van der Waals surface area contributed by atoms with E-state index in [9.17, 15) is 18.3 Å². The quantitative estimate of drug-likeness (QED) is 0.742. The number of benzene rings is 2. The van der Waals surface area contributed by atoms with Crippen molar-refractivity contribution >= 4 is 27.6 Å². The van der Waals surface area contributed by atoms with Crippen LogP contribution in [-0.4, -0.2) is 35.5 Å². The smallest absolute Gasteiger partial charge is 0.490 e. The number of carboxylic acid groups (broad SMARTS) is 1. The Kier molecular flexibility index (Phi) is 6.36. The number of para-hydroxylation sites is 2.